The van der Waals surface area contributed by atoms with Crippen LogP contribution in [0.1, 0.15) is 5.82 Å². The number of nitrogens with one attached hydrogen (secondary N) is 2. The Balaban J connectivity index is 2.00. The van der Waals surface area contributed by atoms with Gasteiger partial charge < -0.3 is 9.97 Å². The molecule has 0 unspecified atom stereocenters. The molecule has 0 aliphatic rings. The second-order valence-electron chi connectivity index (χ2n) is 3.82. The predicted molar refractivity (Wildman–Crippen MR) is 68.1 cm³/mol. The van der Waals surface area contributed by atoms with Gasteiger partial charge in [0, 0.05) is 17.9 Å². The molecule has 86 valence electrons. The highest BCUT2D eigenvalue weighted by Gasteiger charge is 2.04. The molecule has 0 saturated heterocycles. The molecule has 0 aliphatic heterocycles. The van der Waals surface area contributed by atoms with Gasteiger partial charge in [0.25, 0.3) is 0 Å². The fraction of sp³-hybridized carbons (Fsp3) is 0.167. The molecule has 2 N–H and O–H groups in total. The number of aromatic amines is 2. The molecular formula is C12H11ClN4. The van der Waals surface area contributed by atoms with Gasteiger partial charge >= 0.3 is 0 Å². The number of aryl methyl sites for hydroxylation is 1. The topological polar surface area (TPSA) is 57.4 Å². The molecule has 0 fully saturated rings. The van der Waals surface area contributed by atoms with Crippen LogP contribution in [-0.2, 0) is 6.42 Å². The first-order valence-electron chi connectivity index (χ1n) is 5.40. The summed E-state index contributed by atoms with van der Waals surface area (Å²) in [6.45, 7) is 0. The lowest BCUT2D eigenvalue weighted by molar-refractivity contribution is 0.997. The van der Waals surface area contributed by atoms with E-state index in [4.69, 9.17) is 11.6 Å². The number of alkyl halides is 1. The molecule has 5 heteroatoms. The van der Waals surface area contributed by atoms with E-state index in [0.717, 1.165) is 34.5 Å². The number of aromatic nitrogens is 4. The van der Waals surface area contributed by atoms with Crippen LogP contribution >= 0.6 is 11.6 Å². The van der Waals surface area contributed by atoms with Gasteiger partial charge in [-0.05, 0) is 12.1 Å². The molecule has 2 heterocycles. The van der Waals surface area contributed by atoms with Gasteiger partial charge in [-0.2, -0.15) is 0 Å². The summed E-state index contributed by atoms with van der Waals surface area (Å²) >= 11 is 5.68. The first kappa shape index (κ1) is 10.4. The van der Waals surface area contributed by atoms with Gasteiger partial charge in [-0.3, -0.25) is 0 Å². The Morgan fingerprint density at radius 1 is 1.24 bits per heavy atom. The summed E-state index contributed by atoms with van der Waals surface area (Å²) in [6.07, 6.45) is 4.29. The summed E-state index contributed by atoms with van der Waals surface area (Å²) in [6, 6.07) is 6.07. The van der Waals surface area contributed by atoms with Crippen LogP contribution in [0, 0.1) is 0 Å². The van der Waals surface area contributed by atoms with Crippen molar-refractivity contribution >= 4 is 22.6 Å². The fourth-order valence-electron chi connectivity index (χ4n) is 1.83. The van der Waals surface area contributed by atoms with E-state index < -0.39 is 0 Å². The van der Waals surface area contributed by atoms with Gasteiger partial charge in [0.15, 0.2) is 0 Å². The van der Waals surface area contributed by atoms with Gasteiger partial charge in [0.2, 0.25) is 0 Å². The van der Waals surface area contributed by atoms with Gasteiger partial charge in [0.05, 0.1) is 29.3 Å². The fourth-order valence-corrected chi connectivity index (χ4v) is 2.01. The maximum absolute atomic E-state index is 5.68. The minimum atomic E-state index is 0.576. The van der Waals surface area contributed by atoms with E-state index in [9.17, 15) is 0 Å². The summed E-state index contributed by atoms with van der Waals surface area (Å²) < 4.78 is 0. The quantitative estimate of drug-likeness (QED) is 0.698. The zero-order chi connectivity index (χ0) is 11.7. The minimum Gasteiger partial charge on any atom is -0.345 e. The minimum absolute atomic E-state index is 0.576. The van der Waals surface area contributed by atoms with Crippen LogP contribution in [0.5, 0.6) is 0 Å². The van der Waals surface area contributed by atoms with Gasteiger partial charge in [-0.15, -0.1) is 11.6 Å². The largest absolute Gasteiger partial charge is 0.345 e. The van der Waals surface area contributed by atoms with E-state index in [2.05, 4.69) is 26.0 Å². The summed E-state index contributed by atoms with van der Waals surface area (Å²) in [5.74, 6) is 1.49. The van der Waals surface area contributed by atoms with Crippen molar-refractivity contribution in [1.29, 1.82) is 0 Å². The second-order valence-corrected chi connectivity index (χ2v) is 4.19. The lowest BCUT2D eigenvalue weighted by atomic mass is 10.1. The maximum atomic E-state index is 5.68. The zero-order valence-corrected chi connectivity index (χ0v) is 9.83. The third-order valence-electron chi connectivity index (χ3n) is 2.69. The van der Waals surface area contributed by atoms with Gasteiger partial charge in [0.1, 0.15) is 5.82 Å². The summed E-state index contributed by atoms with van der Waals surface area (Å²) in [7, 11) is 0. The van der Waals surface area contributed by atoms with Crippen LogP contribution in [0.15, 0.2) is 30.7 Å². The average molecular weight is 247 g/mol. The molecule has 1 aromatic carbocycles. The maximum Gasteiger partial charge on any atom is 0.107 e. The molecule has 0 bridgehead atoms. The van der Waals surface area contributed by atoms with Crippen molar-refractivity contribution in [2.75, 3.05) is 5.88 Å². The van der Waals surface area contributed by atoms with Crippen LogP contribution in [-0.4, -0.2) is 25.8 Å². The van der Waals surface area contributed by atoms with Crippen LogP contribution in [0.2, 0.25) is 0 Å². The Hall–Kier alpha value is -1.81. The number of hydrogen-bond acceptors (Lipinski definition) is 2. The predicted octanol–water partition coefficient (Wildman–Crippen LogP) is 2.73. The number of benzene rings is 1. The van der Waals surface area contributed by atoms with E-state index in [1.165, 1.54) is 0 Å². The number of hydrogen-bond donors (Lipinski definition) is 2. The number of H-pyrrole nitrogens is 2. The first-order chi connectivity index (χ1) is 8.36. The Morgan fingerprint density at radius 3 is 3.06 bits per heavy atom. The van der Waals surface area contributed by atoms with Crippen LogP contribution < -0.4 is 0 Å². The van der Waals surface area contributed by atoms with Crippen LogP contribution in [0.25, 0.3) is 22.3 Å². The Kier molecular flexibility index (Phi) is 2.57. The van der Waals surface area contributed by atoms with Crippen molar-refractivity contribution in [3.05, 3.63) is 36.5 Å². The lowest BCUT2D eigenvalue weighted by Gasteiger charge is -1.97. The molecule has 0 saturated carbocycles. The highest BCUT2D eigenvalue weighted by Crippen LogP contribution is 2.21. The lowest BCUT2D eigenvalue weighted by Crippen LogP contribution is -1.88. The molecule has 0 amide bonds. The first-order valence-corrected chi connectivity index (χ1v) is 5.93. The molecule has 2 aromatic heterocycles. The van der Waals surface area contributed by atoms with Crippen molar-refractivity contribution in [3.63, 3.8) is 0 Å². The molecular weight excluding hydrogens is 236 g/mol. The van der Waals surface area contributed by atoms with E-state index in [1.807, 2.05) is 18.3 Å². The van der Waals surface area contributed by atoms with Crippen molar-refractivity contribution < 1.29 is 0 Å². The molecule has 3 aromatic rings. The van der Waals surface area contributed by atoms with E-state index in [-0.39, 0.29) is 0 Å². The Labute approximate surface area is 103 Å². The molecule has 0 aliphatic carbocycles. The third kappa shape index (κ3) is 1.91. The van der Waals surface area contributed by atoms with Crippen molar-refractivity contribution in [3.8, 4) is 11.3 Å². The highest BCUT2D eigenvalue weighted by molar-refractivity contribution is 6.17. The average Bonchev–Trinajstić information content (AvgIpc) is 2.96. The standard InChI is InChI=1S/C12H11ClN4/c13-4-3-12-14-6-11(17-12)8-1-2-9-10(5-8)16-7-15-9/h1-2,5-7H,3-4H2,(H,14,17)(H,15,16). The number of halogens is 1. The van der Waals surface area contributed by atoms with Crippen LogP contribution in [0.3, 0.4) is 0 Å². The monoisotopic (exact) mass is 246 g/mol. The molecule has 3 rings (SSSR count). The molecule has 0 radical (unpaired) electrons. The molecule has 4 nitrogen and oxygen atoms in total. The number of nitrogens with zero attached hydrogens (tertiary/aromatic N) is 2. The van der Waals surface area contributed by atoms with E-state index >= 15 is 0 Å². The molecule has 17 heavy (non-hydrogen) atoms. The van der Waals surface area contributed by atoms with Crippen molar-refractivity contribution in [2.24, 2.45) is 0 Å². The smallest absolute Gasteiger partial charge is 0.107 e. The third-order valence-corrected chi connectivity index (χ3v) is 2.88. The highest BCUT2D eigenvalue weighted by atomic mass is 35.5. The Morgan fingerprint density at radius 2 is 2.18 bits per heavy atom. The van der Waals surface area contributed by atoms with Gasteiger partial charge in [-0.1, -0.05) is 6.07 Å². The summed E-state index contributed by atoms with van der Waals surface area (Å²) in [4.78, 5) is 14.8. The van der Waals surface area contributed by atoms with E-state index in [0.29, 0.717) is 5.88 Å². The van der Waals surface area contributed by atoms with E-state index in [1.54, 1.807) is 6.33 Å². The van der Waals surface area contributed by atoms with Crippen molar-refractivity contribution in [1.82, 2.24) is 19.9 Å². The second kappa shape index (κ2) is 4.22. The number of imidazole rings is 2. The SMILES string of the molecule is ClCCc1ncc(-c2ccc3nc[nH]c3c2)[nH]1. The van der Waals surface area contributed by atoms with Crippen LogP contribution in [0.4, 0.5) is 0 Å². The zero-order valence-electron chi connectivity index (χ0n) is 9.07. The molecule has 0 atom stereocenters. The van der Waals surface area contributed by atoms with Crippen molar-refractivity contribution in [2.45, 2.75) is 6.42 Å². The summed E-state index contributed by atoms with van der Waals surface area (Å²) in [5, 5.41) is 0. The summed E-state index contributed by atoms with van der Waals surface area (Å²) in [5.41, 5.74) is 4.09. The van der Waals surface area contributed by atoms with Gasteiger partial charge in [-0.25, -0.2) is 9.97 Å². The number of fused-ring (bicyclic) bond motifs is 1. The number of rotatable bonds is 3. The molecule has 0 spiro atoms. The Bertz CT molecular complexity index is 641. The normalized spacial score (nSPS) is 11.1.